The summed E-state index contributed by atoms with van der Waals surface area (Å²) in [5.74, 6) is 1.38. The summed E-state index contributed by atoms with van der Waals surface area (Å²) in [6, 6.07) is 15.1. The van der Waals surface area contributed by atoms with E-state index in [2.05, 4.69) is 20.6 Å². The molecule has 0 unspecified atom stereocenters. The number of halogens is 3. The molecular formula is C32H31F3N4O6. The number of hydrogen-bond acceptors (Lipinski definition) is 8. The molecule has 0 radical (unpaired) electrons. The number of amides is 2. The van der Waals surface area contributed by atoms with E-state index >= 15 is 0 Å². The van der Waals surface area contributed by atoms with Crippen LogP contribution in [-0.2, 0) is 17.5 Å². The largest absolute Gasteiger partial charge is 0.497 e. The van der Waals surface area contributed by atoms with Gasteiger partial charge in [0.15, 0.2) is 11.4 Å². The van der Waals surface area contributed by atoms with E-state index in [-0.39, 0.29) is 37.1 Å². The molecule has 1 fully saturated rings. The lowest BCUT2D eigenvalue weighted by Crippen LogP contribution is -2.51. The van der Waals surface area contributed by atoms with E-state index in [1.807, 2.05) is 31.2 Å². The smallest absolute Gasteiger partial charge is 0.420 e. The first-order chi connectivity index (χ1) is 21.5. The highest BCUT2D eigenvalue weighted by Crippen LogP contribution is 2.40. The molecule has 0 atom stereocenters. The Bertz CT molecular complexity index is 1630. The van der Waals surface area contributed by atoms with E-state index in [4.69, 9.17) is 23.7 Å². The Morgan fingerprint density at radius 3 is 2.31 bits per heavy atom. The molecule has 3 heterocycles. The molecule has 1 aliphatic rings. The van der Waals surface area contributed by atoms with Gasteiger partial charge in [-0.15, -0.1) is 0 Å². The maximum Gasteiger partial charge on any atom is 0.420 e. The van der Waals surface area contributed by atoms with E-state index in [1.165, 1.54) is 18.3 Å². The van der Waals surface area contributed by atoms with E-state index < -0.39 is 23.4 Å². The topological polar surface area (TPSA) is 113 Å². The highest BCUT2D eigenvalue weighted by atomic mass is 19.4. The molecule has 0 spiro atoms. The maximum atomic E-state index is 13.7. The summed E-state index contributed by atoms with van der Waals surface area (Å²) < 4.78 is 68.6. The molecule has 1 aliphatic heterocycles. The Labute approximate surface area is 257 Å². The van der Waals surface area contributed by atoms with Gasteiger partial charge in [0.1, 0.15) is 23.9 Å². The number of nitrogens with zero attached hydrogens (tertiary/aromatic N) is 2. The van der Waals surface area contributed by atoms with Crippen molar-refractivity contribution in [2.75, 3.05) is 37.6 Å². The van der Waals surface area contributed by atoms with Crippen molar-refractivity contribution < 1.29 is 41.7 Å². The zero-order valence-electron chi connectivity index (χ0n) is 24.7. The number of pyridine rings is 2. The number of hydrogen-bond donors (Lipinski definition) is 2. The minimum atomic E-state index is -4.69. The van der Waals surface area contributed by atoms with Crippen molar-refractivity contribution in [3.05, 3.63) is 84.2 Å². The predicted molar refractivity (Wildman–Crippen MR) is 160 cm³/mol. The normalized spacial score (nSPS) is 13.7. The molecule has 2 amide bonds. The average Bonchev–Trinajstić information content (AvgIpc) is 3.00. The number of ether oxygens (including phenoxy) is 5. The lowest BCUT2D eigenvalue weighted by Gasteiger charge is -2.38. The number of urea groups is 1. The lowest BCUT2D eigenvalue weighted by molar-refractivity contribution is -0.160. The third kappa shape index (κ3) is 7.92. The molecule has 2 aromatic carbocycles. The number of carbonyl (C=O) groups is 1. The first-order valence-electron chi connectivity index (χ1n) is 14.0. The summed E-state index contributed by atoms with van der Waals surface area (Å²) in [7, 11) is 1.60. The van der Waals surface area contributed by atoms with Crippen LogP contribution in [0, 0.1) is 0 Å². The van der Waals surface area contributed by atoms with E-state index in [0.717, 1.165) is 17.4 Å². The number of carbonyl (C=O) groups excluding carboxylic acids is 1. The van der Waals surface area contributed by atoms with Gasteiger partial charge in [-0.2, -0.15) is 13.2 Å². The molecule has 5 rings (SSSR count). The van der Waals surface area contributed by atoms with Gasteiger partial charge in [0.05, 0.1) is 32.5 Å². The lowest BCUT2D eigenvalue weighted by atomic mass is 10.0. The van der Waals surface area contributed by atoms with Crippen molar-refractivity contribution in [2.45, 2.75) is 32.2 Å². The molecule has 4 aromatic rings. The minimum absolute atomic E-state index is 0.0670. The molecule has 2 N–H and O–H groups in total. The van der Waals surface area contributed by atoms with Crippen LogP contribution in [0.4, 0.5) is 29.5 Å². The van der Waals surface area contributed by atoms with Gasteiger partial charge >= 0.3 is 12.2 Å². The van der Waals surface area contributed by atoms with Gasteiger partial charge in [0.2, 0.25) is 0 Å². The van der Waals surface area contributed by atoms with Crippen molar-refractivity contribution in [1.29, 1.82) is 0 Å². The molecule has 236 valence electrons. The van der Waals surface area contributed by atoms with E-state index in [9.17, 15) is 18.0 Å². The Balaban J connectivity index is 1.22. The van der Waals surface area contributed by atoms with Crippen LogP contribution in [0.2, 0.25) is 0 Å². The summed E-state index contributed by atoms with van der Waals surface area (Å²) in [5.41, 5.74) is 0.408. The number of aromatic nitrogens is 2. The fourth-order valence-corrected chi connectivity index (χ4v) is 4.38. The van der Waals surface area contributed by atoms with Gasteiger partial charge in [0.25, 0.3) is 5.88 Å². The summed E-state index contributed by atoms with van der Waals surface area (Å²) in [4.78, 5) is 21.3. The molecule has 10 nitrogen and oxygen atoms in total. The molecule has 1 saturated heterocycles. The zero-order valence-corrected chi connectivity index (χ0v) is 24.7. The van der Waals surface area contributed by atoms with Gasteiger partial charge < -0.3 is 29.0 Å². The number of nitrogens with one attached hydrogen (secondary N) is 2. The predicted octanol–water partition coefficient (Wildman–Crippen LogP) is 6.96. The third-order valence-electron chi connectivity index (χ3n) is 6.71. The molecule has 13 heteroatoms. The maximum absolute atomic E-state index is 13.7. The highest BCUT2D eigenvalue weighted by Gasteiger charge is 2.40. The SMILES string of the molecule is CCOc1cc(-c2ccc(NC(=O)Nc3ccc(OC4(C)COC4)c(C(F)(F)F)c3)nc2)cnc1OCc1ccc(OC)cc1. The number of methoxy groups -OCH3 is 1. The summed E-state index contributed by atoms with van der Waals surface area (Å²) >= 11 is 0. The molecule has 0 aliphatic carbocycles. The zero-order chi connectivity index (χ0) is 32.0. The summed E-state index contributed by atoms with van der Waals surface area (Å²) in [5, 5.41) is 4.93. The molecule has 45 heavy (non-hydrogen) atoms. The van der Waals surface area contributed by atoms with Crippen molar-refractivity contribution in [3.8, 4) is 34.3 Å². The molecule has 0 bridgehead atoms. The van der Waals surface area contributed by atoms with Crippen molar-refractivity contribution >= 4 is 17.5 Å². The van der Waals surface area contributed by atoms with Gasteiger partial charge in [-0.3, -0.25) is 5.32 Å². The molecule has 2 aromatic heterocycles. The first kappa shape index (κ1) is 31.4. The number of benzene rings is 2. The Hall–Kier alpha value is -5.04. The highest BCUT2D eigenvalue weighted by molar-refractivity contribution is 5.99. The van der Waals surface area contributed by atoms with Crippen LogP contribution in [0.25, 0.3) is 11.1 Å². The van der Waals surface area contributed by atoms with Crippen LogP contribution >= 0.6 is 0 Å². The van der Waals surface area contributed by atoms with Gasteiger partial charge in [-0.25, -0.2) is 14.8 Å². The van der Waals surface area contributed by atoms with Crippen LogP contribution < -0.4 is 29.6 Å². The van der Waals surface area contributed by atoms with Gasteiger partial charge in [-0.05, 0) is 67.9 Å². The second-order valence-electron chi connectivity index (χ2n) is 10.4. The Morgan fingerprint density at radius 2 is 1.69 bits per heavy atom. The second-order valence-corrected chi connectivity index (χ2v) is 10.4. The van der Waals surface area contributed by atoms with Gasteiger partial charge in [-0.1, -0.05) is 12.1 Å². The monoisotopic (exact) mass is 624 g/mol. The molecular weight excluding hydrogens is 593 g/mol. The quantitative estimate of drug-likeness (QED) is 0.184. The first-order valence-corrected chi connectivity index (χ1v) is 14.0. The average molecular weight is 625 g/mol. The summed E-state index contributed by atoms with van der Waals surface area (Å²) in [6.45, 7) is 4.57. The van der Waals surface area contributed by atoms with Gasteiger partial charge in [0, 0.05) is 29.2 Å². The van der Waals surface area contributed by atoms with Crippen molar-refractivity contribution in [2.24, 2.45) is 0 Å². The molecule has 0 saturated carbocycles. The second kappa shape index (κ2) is 13.3. The fourth-order valence-electron chi connectivity index (χ4n) is 4.38. The van der Waals surface area contributed by atoms with Crippen molar-refractivity contribution in [1.82, 2.24) is 9.97 Å². The van der Waals surface area contributed by atoms with Crippen LogP contribution in [0.1, 0.15) is 25.0 Å². The minimum Gasteiger partial charge on any atom is -0.497 e. The van der Waals surface area contributed by atoms with Crippen LogP contribution in [0.3, 0.4) is 0 Å². The fraction of sp³-hybridized carbons (Fsp3) is 0.281. The Kier molecular flexibility index (Phi) is 9.28. The standard InChI is InChI=1S/C32H31F3N4O6/c1-4-43-27-13-22(16-37-29(27)44-17-20-5-9-24(41-3)10-6-20)21-7-12-28(36-15-21)39-30(40)38-23-8-11-26(25(14-23)32(33,34)35)45-31(2)18-42-19-31/h5-16H,4,17-19H2,1-3H3,(H2,36,38,39,40). The van der Waals surface area contributed by atoms with Crippen LogP contribution in [-0.4, -0.2) is 48.5 Å². The third-order valence-corrected chi connectivity index (χ3v) is 6.71. The summed E-state index contributed by atoms with van der Waals surface area (Å²) in [6.07, 6.45) is -1.55. The van der Waals surface area contributed by atoms with Crippen molar-refractivity contribution in [3.63, 3.8) is 0 Å². The number of anilines is 2. The van der Waals surface area contributed by atoms with Crippen LogP contribution in [0.5, 0.6) is 23.1 Å². The van der Waals surface area contributed by atoms with E-state index in [1.54, 1.807) is 38.4 Å². The Morgan fingerprint density at radius 1 is 0.933 bits per heavy atom. The van der Waals surface area contributed by atoms with E-state index in [0.29, 0.717) is 29.4 Å². The number of rotatable bonds is 11. The number of alkyl halides is 3. The van der Waals surface area contributed by atoms with Crippen LogP contribution in [0.15, 0.2) is 73.1 Å².